The van der Waals surface area contributed by atoms with Gasteiger partial charge in [0.1, 0.15) is 24.3 Å². The molecular weight excluding hydrogens is 341 g/mol. The highest BCUT2D eigenvalue weighted by molar-refractivity contribution is 6.33. The molecule has 0 aliphatic heterocycles. The van der Waals surface area contributed by atoms with Crippen LogP contribution in [0.5, 0.6) is 5.75 Å². The first-order valence-electron chi connectivity index (χ1n) is 8.01. The number of rotatable bonds is 6. The van der Waals surface area contributed by atoms with Crippen molar-refractivity contribution in [1.29, 1.82) is 0 Å². The van der Waals surface area contributed by atoms with Crippen molar-refractivity contribution in [3.05, 3.63) is 77.2 Å². The third-order valence-electron chi connectivity index (χ3n) is 3.96. The fraction of sp³-hybridized carbons (Fsp3) is 0.200. The third kappa shape index (κ3) is 4.21. The van der Waals surface area contributed by atoms with Crippen LogP contribution >= 0.6 is 11.6 Å². The molecule has 130 valence electrons. The van der Waals surface area contributed by atoms with Gasteiger partial charge >= 0.3 is 0 Å². The Morgan fingerprint density at radius 2 is 1.84 bits per heavy atom. The molecule has 2 aromatic carbocycles. The number of aryl methyl sites for hydroxylation is 1. The van der Waals surface area contributed by atoms with Gasteiger partial charge in [-0.15, -0.1) is 0 Å². The van der Waals surface area contributed by atoms with Crippen molar-refractivity contribution in [2.45, 2.75) is 19.6 Å². The summed E-state index contributed by atoms with van der Waals surface area (Å²) in [7, 11) is 0. The minimum atomic E-state index is -0.710. The molecule has 0 spiro atoms. The Labute approximate surface area is 151 Å². The number of benzene rings is 2. The predicted molar refractivity (Wildman–Crippen MR) is 97.5 cm³/mol. The van der Waals surface area contributed by atoms with Crippen LogP contribution in [0.2, 0.25) is 5.02 Å². The first kappa shape index (κ1) is 17.5. The standard InChI is InChI=1S/C20H19ClFNO2/c1-14-10-11-23(20(14)18-4-2-3-5-19(18)21)12-16(24)13-25-17-8-6-15(22)7-9-17/h2-11,16,24H,12-13H2,1H3/t16-/m1/s1. The summed E-state index contributed by atoms with van der Waals surface area (Å²) in [6.45, 7) is 2.50. The van der Waals surface area contributed by atoms with Gasteiger partial charge in [0.2, 0.25) is 0 Å². The molecule has 0 radical (unpaired) electrons. The summed E-state index contributed by atoms with van der Waals surface area (Å²) in [5.41, 5.74) is 2.99. The van der Waals surface area contributed by atoms with Crippen molar-refractivity contribution in [2.24, 2.45) is 0 Å². The van der Waals surface area contributed by atoms with Gasteiger partial charge in [0.05, 0.1) is 12.2 Å². The monoisotopic (exact) mass is 359 g/mol. The SMILES string of the molecule is Cc1ccn(C[C@@H](O)COc2ccc(F)cc2)c1-c1ccccc1Cl. The van der Waals surface area contributed by atoms with E-state index in [9.17, 15) is 9.50 Å². The molecule has 3 aromatic rings. The number of aliphatic hydroxyl groups excluding tert-OH is 1. The summed E-state index contributed by atoms with van der Waals surface area (Å²) in [4.78, 5) is 0. The van der Waals surface area contributed by atoms with Crippen LogP contribution in [-0.4, -0.2) is 22.4 Å². The van der Waals surface area contributed by atoms with E-state index in [1.54, 1.807) is 0 Å². The molecule has 0 bridgehead atoms. The lowest BCUT2D eigenvalue weighted by Gasteiger charge is -2.17. The van der Waals surface area contributed by atoms with E-state index >= 15 is 0 Å². The largest absolute Gasteiger partial charge is 0.491 e. The first-order valence-corrected chi connectivity index (χ1v) is 8.39. The molecule has 3 nitrogen and oxygen atoms in total. The van der Waals surface area contributed by atoms with E-state index in [-0.39, 0.29) is 12.4 Å². The molecular formula is C20H19ClFNO2. The summed E-state index contributed by atoms with van der Waals surface area (Å²) < 4.78 is 20.4. The van der Waals surface area contributed by atoms with E-state index in [4.69, 9.17) is 16.3 Å². The predicted octanol–water partition coefficient (Wildman–Crippen LogP) is 4.70. The molecule has 0 amide bonds. The van der Waals surface area contributed by atoms with Crippen LogP contribution in [0.4, 0.5) is 4.39 Å². The lowest BCUT2D eigenvalue weighted by molar-refractivity contribution is 0.0929. The molecule has 5 heteroatoms. The normalized spacial score (nSPS) is 12.2. The second-order valence-corrected chi connectivity index (χ2v) is 6.31. The van der Waals surface area contributed by atoms with Gasteiger partial charge in [0, 0.05) is 16.8 Å². The van der Waals surface area contributed by atoms with Crippen molar-refractivity contribution >= 4 is 11.6 Å². The summed E-state index contributed by atoms with van der Waals surface area (Å²) in [6.07, 6.45) is 1.22. The molecule has 3 rings (SSSR count). The fourth-order valence-corrected chi connectivity index (χ4v) is 2.98. The van der Waals surface area contributed by atoms with Crippen LogP contribution in [0.15, 0.2) is 60.8 Å². The van der Waals surface area contributed by atoms with Gasteiger partial charge in [0.25, 0.3) is 0 Å². The molecule has 1 atom stereocenters. The van der Waals surface area contributed by atoms with Crippen molar-refractivity contribution in [3.63, 3.8) is 0 Å². The number of hydrogen-bond donors (Lipinski definition) is 1. The fourth-order valence-electron chi connectivity index (χ4n) is 2.76. The van der Waals surface area contributed by atoms with Gasteiger partial charge in [-0.05, 0) is 48.9 Å². The number of aromatic nitrogens is 1. The van der Waals surface area contributed by atoms with Gasteiger partial charge in [-0.2, -0.15) is 0 Å². The van der Waals surface area contributed by atoms with Crippen molar-refractivity contribution in [3.8, 4) is 17.0 Å². The van der Waals surface area contributed by atoms with Gasteiger partial charge in [0.15, 0.2) is 0 Å². The number of nitrogens with zero attached hydrogens (tertiary/aromatic N) is 1. The van der Waals surface area contributed by atoms with Crippen LogP contribution in [0, 0.1) is 12.7 Å². The summed E-state index contributed by atoms with van der Waals surface area (Å²) in [6, 6.07) is 15.4. The van der Waals surface area contributed by atoms with Gasteiger partial charge in [-0.25, -0.2) is 4.39 Å². The first-order chi connectivity index (χ1) is 12.0. The van der Waals surface area contributed by atoms with Gasteiger partial charge in [-0.1, -0.05) is 29.8 Å². The van der Waals surface area contributed by atoms with E-state index in [1.807, 2.05) is 48.0 Å². The Kier molecular flexibility index (Phi) is 5.41. The maximum atomic E-state index is 12.9. The van der Waals surface area contributed by atoms with Crippen molar-refractivity contribution in [2.75, 3.05) is 6.61 Å². The number of hydrogen-bond acceptors (Lipinski definition) is 2. The smallest absolute Gasteiger partial charge is 0.123 e. The van der Waals surface area contributed by atoms with Gasteiger partial charge < -0.3 is 14.4 Å². The van der Waals surface area contributed by atoms with Crippen LogP contribution in [0.3, 0.4) is 0 Å². The van der Waals surface area contributed by atoms with Crippen LogP contribution in [0.1, 0.15) is 5.56 Å². The van der Waals surface area contributed by atoms with E-state index in [0.717, 1.165) is 16.8 Å². The molecule has 0 fully saturated rings. The zero-order valence-electron chi connectivity index (χ0n) is 13.8. The maximum Gasteiger partial charge on any atom is 0.123 e. The molecule has 1 aromatic heterocycles. The summed E-state index contributed by atoms with van der Waals surface area (Å²) in [5.74, 6) is 0.204. The van der Waals surface area contributed by atoms with E-state index in [2.05, 4.69) is 0 Å². The average Bonchev–Trinajstić information content (AvgIpc) is 2.95. The molecule has 0 unspecified atom stereocenters. The van der Waals surface area contributed by atoms with E-state index in [1.165, 1.54) is 24.3 Å². The second kappa shape index (κ2) is 7.72. The Balaban J connectivity index is 1.71. The van der Waals surface area contributed by atoms with E-state index < -0.39 is 6.10 Å². The molecule has 0 saturated carbocycles. The highest BCUT2D eigenvalue weighted by Gasteiger charge is 2.14. The lowest BCUT2D eigenvalue weighted by atomic mass is 10.1. The lowest BCUT2D eigenvalue weighted by Crippen LogP contribution is -2.23. The average molecular weight is 360 g/mol. The third-order valence-corrected chi connectivity index (χ3v) is 4.29. The Bertz CT molecular complexity index is 845. The Morgan fingerprint density at radius 3 is 2.56 bits per heavy atom. The number of ether oxygens (including phenoxy) is 1. The van der Waals surface area contributed by atoms with Crippen LogP contribution in [0.25, 0.3) is 11.3 Å². The Hall–Kier alpha value is -2.30. The van der Waals surface area contributed by atoms with Crippen molar-refractivity contribution < 1.29 is 14.2 Å². The van der Waals surface area contributed by atoms with Crippen LogP contribution in [-0.2, 0) is 6.54 Å². The minimum absolute atomic E-state index is 0.116. The quantitative estimate of drug-likeness (QED) is 0.692. The molecule has 1 heterocycles. The maximum absolute atomic E-state index is 12.9. The number of aliphatic hydroxyl groups is 1. The summed E-state index contributed by atoms with van der Waals surface area (Å²) in [5, 5.41) is 11.0. The zero-order chi connectivity index (χ0) is 17.8. The molecule has 0 saturated heterocycles. The van der Waals surface area contributed by atoms with Gasteiger partial charge in [-0.3, -0.25) is 0 Å². The molecule has 0 aliphatic rings. The van der Waals surface area contributed by atoms with Crippen molar-refractivity contribution in [1.82, 2.24) is 4.57 Å². The molecule has 1 N–H and O–H groups in total. The topological polar surface area (TPSA) is 34.4 Å². The van der Waals surface area contributed by atoms with E-state index in [0.29, 0.717) is 17.3 Å². The molecule has 25 heavy (non-hydrogen) atoms. The second-order valence-electron chi connectivity index (χ2n) is 5.90. The Morgan fingerprint density at radius 1 is 1.12 bits per heavy atom. The number of halogens is 2. The summed E-state index contributed by atoms with van der Waals surface area (Å²) >= 11 is 6.32. The van der Waals surface area contributed by atoms with Crippen LogP contribution < -0.4 is 4.74 Å². The minimum Gasteiger partial charge on any atom is -0.491 e. The molecule has 0 aliphatic carbocycles. The highest BCUT2D eigenvalue weighted by Crippen LogP contribution is 2.31. The highest BCUT2D eigenvalue weighted by atomic mass is 35.5. The zero-order valence-corrected chi connectivity index (χ0v) is 14.6.